The maximum Gasteiger partial charge on any atom is 0.305 e. The van der Waals surface area contributed by atoms with Crippen molar-refractivity contribution in [2.24, 2.45) is 0 Å². The molecule has 10 heavy (non-hydrogen) atoms. The first-order valence-electron chi connectivity index (χ1n) is 3.46. The van der Waals surface area contributed by atoms with Crippen molar-refractivity contribution in [1.82, 2.24) is 0 Å². The fourth-order valence-corrected chi connectivity index (χ4v) is 0.861. The summed E-state index contributed by atoms with van der Waals surface area (Å²) >= 11 is 2.30. The third-order valence-electron chi connectivity index (χ3n) is 1.05. The normalized spacial score (nSPS) is 12.7. The highest BCUT2D eigenvalue weighted by Gasteiger charge is 2.03. The van der Waals surface area contributed by atoms with Gasteiger partial charge in [0.2, 0.25) is 0 Å². The summed E-state index contributed by atoms with van der Waals surface area (Å²) in [5, 5.41) is 0. The summed E-state index contributed by atoms with van der Waals surface area (Å²) in [6, 6.07) is 0. The van der Waals surface area contributed by atoms with Crippen molar-refractivity contribution >= 4 is 28.6 Å². The number of hydrogen-bond acceptors (Lipinski definition) is 2. The van der Waals surface area contributed by atoms with Crippen LogP contribution in [0.5, 0.6) is 0 Å². The van der Waals surface area contributed by atoms with Crippen LogP contribution in [0.2, 0.25) is 0 Å². The van der Waals surface area contributed by atoms with Crippen molar-refractivity contribution in [3.8, 4) is 0 Å². The van der Waals surface area contributed by atoms with Crippen LogP contribution in [0.25, 0.3) is 0 Å². The highest BCUT2D eigenvalue weighted by Crippen LogP contribution is 2.07. The van der Waals surface area contributed by atoms with E-state index in [-0.39, 0.29) is 5.97 Å². The van der Waals surface area contributed by atoms with Gasteiger partial charge in [-0.15, -0.1) is 0 Å². The average molecular weight is 256 g/mol. The maximum atomic E-state index is 10.7. The van der Waals surface area contributed by atoms with Crippen LogP contribution < -0.4 is 0 Å². The molecule has 0 saturated carbocycles. The molecule has 1 unspecified atom stereocenters. The van der Waals surface area contributed by atoms with Gasteiger partial charge in [-0.25, -0.2) is 0 Å². The SMILES string of the molecule is CCOC(=O)CCC(C)I. The van der Waals surface area contributed by atoms with E-state index in [1.165, 1.54) is 0 Å². The Balaban J connectivity index is 3.22. The highest BCUT2D eigenvalue weighted by molar-refractivity contribution is 14.1. The first-order valence-corrected chi connectivity index (χ1v) is 4.71. The molecule has 3 heteroatoms. The van der Waals surface area contributed by atoms with Gasteiger partial charge in [-0.2, -0.15) is 0 Å². The van der Waals surface area contributed by atoms with Crippen LogP contribution in [0.15, 0.2) is 0 Å². The van der Waals surface area contributed by atoms with Crippen molar-refractivity contribution in [2.75, 3.05) is 6.61 Å². The van der Waals surface area contributed by atoms with Gasteiger partial charge in [-0.05, 0) is 13.3 Å². The molecule has 0 aliphatic carbocycles. The Morgan fingerprint density at radius 2 is 2.30 bits per heavy atom. The van der Waals surface area contributed by atoms with Gasteiger partial charge >= 0.3 is 5.97 Å². The summed E-state index contributed by atoms with van der Waals surface area (Å²) in [7, 11) is 0. The molecular weight excluding hydrogens is 243 g/mol. The van der Waals surface area contributed by atoms with Crippen molar-refractivity contribution in [2.45, 2.75) is 30.6 Å². The van der Waals surface area contributed by atoms with Crippen molar-refractivity contribution < 1.29 is 9.53 Å². The number of hydrogen-bond donors (Lipinski definition) is 0. The van der Waals surface area contributed by atoms with Crippen LogP contribution in [0.4, 0.5) is 0 Å². The molecule has 0 aromatic rings. The van der Waals surface area contributed by atoms with Gasteiger partial charge in [0.05, 0.1) is 6.61 Å². The molecule has 0 amide bonds. The zero-order valence-electron chi connectivity index (χ0n) is 6.39. The molecule has 0 N–H and O–H groups in total. The molecule has 0 fully saturated rings. The zero-order chi connectivity index (χ0) is 7.98. The second kappa shape index (κ2) is 5.95. The van der Waals surface area contributed by atoms with E-state index in [2.05, 4.69) is 29.5 Å². The van der Waals surface area contributed by atoms with E-state index >= 15 is 0 Å². The average Bonchev–Trinajstić information content (AvgIpc) is 1.85. The van der Waals surface area contributed by atoms with Crippen LogP contribution in [0.3, 0.4) is 0 Å². The largest absolute Gasteiger partial charge is 0.466 e. The zero-order valence-corrected chi connectivity index (χ0v) is 8.55. The second-order valence-corrected chi connectivity index (χ2v) is 4.25. The maximum absolute atomic E-state index is 10.7. The minimum atomic E-state index is -0.0778. The first-order chi connectivity index (χ1) is 4.66. The summed E-state index contributed by atoms with van der Waals surface area (Å²) in [6.45, 7) is 4.40. The summed E-state index contributed by atoms with van der Waals surface area (Å²) < 4.78 is 5.31. The highest BCUT2D eigenvalue weighted by atomic mass is 127. The van der Waals surface area contributed by atoms with Crippen LogP contribution >= 0.6 is 22.6 Å². The minimum Gasteiger partial charge on any atom is -0.466 e. The Morgan fingerprint density at radius 1 is 1.70 bits per heavy atom. The summed E-state index contributed by atoms with van der Waals surface area (Å²) in [6.07, 6.45) is 1.47. The van der Waals surface area contributed by atoms with E-state index in [4.69, 9.17) is 4.74 Å². The Hall–Kier alpha value is 0.200. The lowest BCUT2D eigenvalue weighted by Crippen LogP contribution is -2.05. The predicted octanol–water partition coefficient (Wildman–Crippen LogP) is 2.15. The van der Waals surface area contributed by atoms with Gasteiger partial charge in [-0.1, -0.05) is 29.5 Å². The smallest absolute Gasteiger partial charge is 0.305 e. The minimum absolute atomic E-state index is 0.0778. The molecule has 0 aromatic carbocycles. The van der Waals surface area contributed by atoms with E-state index < -0.39 is 0 Å². The molecule has 0 heterocycles. The quantitative estimate of drug-likeness (QED) is 0.437. The van der Waals surface area contributed by atoms with E-state index in [1.54, 1.807) is 0 Å². The van der Waals surface area contributed by atoms with Gasteiger partial charge in [-0.3, -0.25) is 4.79 Å². The summed E-state index contributed by atoms with van der Waals surface area (Å²) in [5.41, 5.74) is 0. The molecule has 0 rings (SSSR count). The fourth-order valence-electron chi connectivity index (χ4n) is 0.550. The second-order valence-electron chi connectivity index (χ2n) is 2.12. The Kier molecular flexibility index (Phi) is 6.06. The third kappa shape index (κ3) is 6.32. The van der Waals surface area contributed by atoms with E-state index in [0.717, 1.165) is 6.42 Å². The molecule has 0 spiro atoms. The number of rotatable bonds is 4. The Morgan fingerprint density at radius 3 is 2.70 bits per heavy atom. The number of carbonyl (C=O) groups is 1. The number of ether oxygens (including phenoxy) is 1. The van der Waals surface area contributed by atoms with Gasteiger partial charge in [0, 0.05) is 10.3 Å². The standard InChI is InChI=1S/C7H13IO2/c1-3-10-7(9)5-4-6(2)8/h6H,3-5H2,1-2H3. The monoisotopic (exact) mass is 256 g/mol. The summed E-state index contributed by atoms with van der Waals surface area (Å²) in [4.78, 5) is 10.7. The van der Waals surface area contributed by atoms with E-state index in [0.29, 0.717) is 17.0 Å². The molecule has 0 saturated heterocycles. The molecule has 2 nitrogen and oxygen atoms in total. The van der Waals surface area contributed by atoms with Crippen LogP contribution in [-0.4, -0.2) is 16.5 Å². The van der Waals surface area contributed by atoms with Gasteiger partial charge in [0.1, 0.15) is 0 Å². The Labute approximate surface area is 75.5 Å². The molecule has 0 aromatic heterocycles. The van der Waals surface area contributed by atoms with Gasteiger partial charge in [0.25, 0.3) is 0 Å². The van der Waals surface area contributed by atoms with Gasteiger partial charge in [0.15, 0.2) is 0 Å². The number of alkyl halides is 1. The van der Waals surface area contributed by atoms with E-state index in [9.17, 15) is 4.79 Å². The lowest BCUT2D eigenvalue weighted by molar-refractivity contribution is -0.143. The third-order valence-corrected chi connectivity index (χ3v) is 1.67. The topological polar surface area (TPSA) is 26.3 Å². The van der Waals surface area contributed by atoms with Crippen LogP contribution in [0, 0.1) is 0 Å². The predicted molar refractivity (Wildman–Crippen MR) is 49.3 cm³/mol. The van der Waals surface area contributed by atoms with Gasteiger partial charge < -0.3 is 4.74 Å². The molecule has 1 atom stereocenters. The lowest BCUT2D eigenvalue weighted by atomic mass is 10.2. The fraction of sp³-hybridized carbons (Fsp3) is 0.857. The summed E-state index contributed by atoms with van der Waals surface area (Å²) in [5.74, 6) is -0.0778. The van der Waals surface area contributed by atoms with Crippen LogP contribution in [-0.2, 0) is 9.53 Å². The van der Waals surface area contributed by atoms with E-state index in [1.807, 2.05) is 6.92 Å². The molecule has 0 aliphatic heterocycles. The lowest BCUT2D eigenvalue weighted by Gasteiger charge is -2.01. The number of esters is 1. The molecule has 0 radical (unpaired) electrons. The van der Waals surface area contributed by atoms with Crippen molar-refractivity contribution in [1.29, 1.82) is 0 Å². The van der Waals surface area contributed by atoms with Crippen molar-refractivity contribution in [3.63, 3.8) is 0 Å². The molecule has 60 valence electrons. The first kappa shape index (κ1) is 10.2. The number of carbonyl (C=O) groups excluding carboxylic acids is 1. The molecule has 0 aliphatic rings. The molecule has 0 bridgehead atoms. The van der Waals surface area contributed by atoms with Crippen LogP contribution in [0.1, 0.15) is 26.7 Å². The Bertz CT molecular complexity index is 102. The molecular formula is C7H13IO2. The van der Waals surface area contributed by atoms with Crippen molar-refractivity contribution in [3.05, 3.63) is 0 Å². The number of halogens is 1.